The summed E-state index contributed by atoms with van der Waals surface area (Å²) in [5.41, 5.74) is 7.71. The first-order valence-electron chi connectivity index (χ1n) is 6.96. The van der Waals surface area contributed by atoms with Gasteiger partial charge in [-0.3, -0.25) is 0 Å². The smallest absolute Gasteiger partial charge is 0.435 e. The molecule has 6 heteroatoms. The predicted octanol–water partition coefficient (Wildman–Crippen LogP) is 3.23. The van der Waals surface area contributed by atoms with Crippen LogP contribution in [0.15, 0.2) is 24.3 Å². The number of nitrogen functional groups attached to an aromatic ring is 1. The van der Waals surface area contributed by atoms with Crippen LogP contribution in [0.4, 0.5) is 10.5 Å². The zero-order valence-electron chi connectivity index (χ0n) is 13.5. The Kier molecular flexibility index (Phi) is 4.12. The van der Waals surface area contributed by atoms with Crippen molar-refractivity contribution in [1.82, 2.24) is 9.78 Å². The molecule has 0 atom stereocenters. The summed E-state index contributed by atoms with van der Waals surface area (Å²) in [5.74, 6) is 0.642. The summed E-state index contributed by atoms with van der Waals surface area (Å²) in [6.45, 7) is 7.13. The molecule has 2 rings (SSSR count). The van der Waals surface area contributed by atoms with E-state index in [4.69, 9.17) is 15.2 Å². The third kappa shape index (κ3) is 3.05. The number of anilines is 1. The van der Waals surface area contributed by atoms with Crippen molar-refractivity contribution < 1.29 is 14.3 Å². The third-order valence-electron chi connectivity index (χ3n) is 3.09. The molecule has 22 heavy (non-hydrogen) atoms. The van der Waals surface area contributed by atoms with Crippen LogP contribution in [0, 0.1) is 6.92 Å². The van der Waals surface area contributed by atoms with Gasteiger partial charge in [0.05, 0.1) is 18.5 Å². The lowest BCUT2D eigenvalue weighted by atomic mass is 10.1. The van der Waals surface area contributed by atoms with Gasteiger partial charge in [0.1, 0.15) is 17.0 Å². The average molecular weight is 303 g/mol. The molecular formula is C16H21N3O3. The number of methoxy groups -OCH3 is 1. The van der Waals surface area contributed by atoms with E-state index >= 15 is 0 Å². The van der Waals surface area contributed by atoms with Crippen LogP contribution in [0.1, 0.15) is 26.5 Å². The van der Waals surface area contributed by atoms with Gasteiger partial charge >= 0.3 is 6.09 Å². The molecule has 0 saturated heterocycles. The fourth-order valence-electron chi connectivity index (χ4n) is 2.04. The molecule has 0 amide bonds. The second-order valence-electron chi connectivity index (χ2n) is 5.94. The average Bonchev–Trinajstić information content (AvgIpc) is 2.73. The molecule has 0 fully saturated rings. The normalized spacial score (nSPS) is 11.3. The van der Waals surface area contributed by atoms with Gasteiger partial charge in [0, 0.05) is 5.56 Å². The second kappa shape index (κ2) is 5.71. The molecule has 0 bridgehead atoms. The van der Waals surface area contributed by atoms with E-state index in [9.17, 15) is 4.79 Å². The maximum atomic E-state index is 12.2. The maximum absolute atomic E-state index is 12.2. The number of aromatic nitrogens is 2. The number of hydrogen-bond donors (Lipinski definition) is 1. The van der Waals surface area contributed by atoms with E-state index in [-0.39, 0.29) is 0 Å². The fraction of sp³-hybridized carbons (Fsp3) is 0.375. The highest BCUT2D eigenvalue weighted by molar-refractivity contribution is 5.82. The predicted molar refractivity (Wildman–Crippen MR) is 85.0 cm³/mol. The molecule has 0 aliphatic carbocycles. The molecule has 1 aromatic heterocycles. The van der Waals surface area contributed by atoms with E-state index in [1.54, 1.807) is 34.8 Å². The van der Waals surface area contributed by atoms with E-state index < -0.39 is 11.7 Å². The van der Waals surface area contributed by atoms with Gasteiger partial charge in [0.25, 0.3) is 0 Å². The first kappa shape index (κ1) is 15.9. The number of ether oxygens (including phenoxy) is 2. The number of nitrogens with zero attached hydrogens (tertiary/aromatic N) is 2. The number of para-hydroxylation sites is 1. The van der Waals surface area contributed by atoms with Crippen LogP contribution in [0.25, 0.3) is 11.3 Å². The summed E-state index contributed by atoms with van der Waals surface area (Å²) >= 11 is 0. The lowest BCUT2D eigenvalue weighted by Crippen LogP contribution is -2.28. The Balaban J connectivity index is 2.49. The van der Waals surface area contributed by atoms with Gasteiger partial charge in [-0.1, -0.05) is 12.1 Å². The second-order valence-corrected chi connectivity index (χ2v) is 5.94. The molecule has 0 saturated carbocycles. The molecule has 118 valence electrons. The van der Waals surface area contributed by atoms with Crippen LogP contribution < -0.4 is 10.5 Å². The first-order valence-corrected chi connectivity index (χ1v) is 6.96. The molecule has 0 unspecified atom stereocenters. The monoisotopic (exact) mass is 303 g/mol. The minimum Gasteiger partial charge on any atom is -0.496 e. The Morgan fingerprint density at radius 1 is 1.27 bits per heavy atom. The number of rotatable bonds is 2. The van der Waals surface area contributed by atoms with Crippen molar-refractivity contribution >= 4 is 11.8 Å². The molecule has 6 nitrogen and oxygen atoms in total. The van der Waals surface area contributed by atoms with E-state index in [1.807, 2.05) is 24.3 Å². The van der Waals surface area contributed by atoms with Crippen LogP contribution in [0.3, 0.4) is 0 Å². The van der Waals surface area contributed by atoms with E-state index in [0.29, 0.717) is 22.8 Å². The SMILES string of the molecule is COc1ccccc1-c1nn(C(=O)OC(C)(C)C)c(C)c1N. The lowest BCUT2D eigenvalue weighted by Gasteiger charge is -2.19. The van der Waals surface area contributed by atoms with E-state index in [1.165, 1.54) is 4.68 Å². The van der Waals surface area contributed by atoms with Crippen molar-refractivity contribution in [2.45, 2.75) is 33.3 Å². The van der Waals surface area contributed by atoms with Gasteiger partial charge in [-0.2, -0.15) is 9.78 Å². The molecule has 1 heterocycles. The van der Waals surface area contributed by atoms with Gasteiger partial charge in [-0.25, -0.2) is 4.79 Å². The number of nitrogens with two attached hydrogens (primary N) is 1. The van der Waals surface area contributed by atoms with Crippen LogP contribution in [0.2, 0.25) is 0 Å². The molecular weight excluding hydrogens is 282 g/mol. The highest BCUT2D eigenvalue weighted by Crippen LogP contribution is 2.34. The number of carbonyl (C=O) groups is 1. The van der Waals surface area contributed by atoms with E-state index in [2.05, 4.69) is 5.10 Å². The fourth-order valence-corrected chi connectivity index (χ4v) is 2.04. The number of carbonyl (C=O) groups excluding carboxylic acids is 1. The van der Waals surface area contributed by atoms with Gasteiger partial charge < -0.3 is 15.2 Å². The standard InChI is InChI=1S/C16H21N3O3/c1-10-13(17)14(11-8-6-7-9-12(11)21-5)18-19(10)15(20)22-16(2,3)4/h6-9H,17H2,1-5H3. The zero-order valence-corrected chi connectivity index (χ0v) is 13.5. The summed E-state index contributed by atoms with van der Waals surface area (Å²) in [6.07, 6.45) is -0.558. The van der Waals surface area contributed by atoms with Crippen molar-refractivity contribution in [3.05, 3.63) is 30.0 Å². The van der Waals surface area contributed by atoms with Crippen molar-refractivity contribution in [3.63, 3.8) is 0 Å². The number of hydrogen-bond acceptors (Lipinski definition) is 5. The summed E-state index contributed by atoms with van der Waals surface area (Å²) in [5, 5.41) is 4.31. The van der Waals surface area contributed by atoms with Crippen molar-refractivity contribution in [2.75, 3.05) is 12.8 Å². The first-order chi connectivity index (χ1) is 10.2. The lowest BCUT2D eigenvalue weighted by molar-refractivity contribution is 0.0511. The largest absolute Gasteiger partial charge is 0.496 e. The highest BCUT2D eigenvalue weighted by atomic mass is 16.6. The maximum Gasteiger partial charge on any atom is 0.435 e. The third-order valence-corrected chi connectivity index (χ3v) is 3.09. The Labute approximate surface area is 129 Å². The molecule has 0 spiro atoms. The van der Waals surface area contributed by atoms with Gasteiger partial charge in [-0.05, 0) is 39.8 Å². The summed E-state index contributed by atoms with van der Waals surface area (Å²) in [7, 11) is 1.58. The summed E-state index contributed by atoms with van der Waals surface area (Å²) in [6, 6.07) is 7.38. The van der Waals surface area contributed by atoms with E-state index in [0.717, 1.165) is 5.56 Å². The van der Waals surface area contributed by atoms with Crippen molar-refractivity contribution in [3.8, 4) is 17.0 Å². The van der Waals surface area contributed by atoms with Gasteiger partial charge in [0.15, 0.2) is 0 Å². The summed E-state index contributed by atoms with van der Waals surface area (Å²) in [4.78, 5) is 12.2. The Morgan fingerprint density at radius 3 is 2.50 bits per heavy atom. The molecule has 2 N–H and O–H groups in total. The quantitative estimate of drug-likeness (QED) is 0.921. The Morgan fingerprint density at radius 2 is 1.91 bits per heavy atom. The van der Waals surface area contributed by atoms with Crippen LogP contribution in [-0.4, -0.2) is 28.6 Å². The molecule has 1 aromatic carbocycles. The molecule has 0 aliphatic heterocycles. The molecule has 2 aromatic rings. The summed E-state index contributed by atoms with van der Waals surface area (Å²) < 4.78 is 11.8. The van der Waals surface area contributed by atoms with Crippen LogP contribution >= 0.6 is 0 Å². The molecule has 0 radical (unpaired) electrons. The van der Waals surface area contributed by atoms with Crippen LogP contribution in [0.5, 0.6) is 5.75 Å². The minimum atomic E-state index is -0.602. The topological polar surface area (TPSA) is 79.4 Å². The minimum absolute atomic E-state index is 0.426. The number of benzene rings is 1. The molecule has 0 aliphatic rings. The van der Waals surface area contributed by atoms with Crippen molar-refractivity contribution in [2.24, 2.45) is 0 Å². The van der Waals surface area contributed by atoms with Gasteiger partial charge in [0.2, 0.25) is 0 Å². The van der Waals surface area contributed by atoms with Gasteiger partial charge in [-0.15, -0.1) is 0 Å². The Hall–Kier alpha value is -2.50. The van der Waals surface area contributed by atoms with Crippen molar-refractivity contribution in [1.29, 1.82) is 0 Å². The highest BCUT2D eigenvalue weighted by Gasteiger charge is 2.24. The van der Waals surface area contributed by atoms with Crippen LogP contribution in [-0.2, 0) is 4.74 Å². The zero-order chi connectivity index (χ0) is 16.5. The Bertz CT molecular complexity index is 699.